The molecule has 2 aromatic carbocycles. The van der Waals surface area contributed by atoms with Gasteiger partial charge in [-0.3, -0.25) is 4.98 Å². The van der Waals surface area contributed by atoms with Crippen molar-refractivity contribution in [2.75, 3.05) is 12.0 Å². The van der Waals surface area contributed by atoms with E-state index in [1.54, 1.807) is 6.07 Å². The van der Waals surface area contributed by atoms with E-state index in [0.717, 1.165) is 34.0 Å². The number of aryl methyl sites for hydroxylation is 2. The zero-order valence-electron chi connectivity index (χ0n) is 20.7. The van der Waals surface area contributed by atoms with Crippen molar-refractivity contribution in [2.45, 2.75) is 32.9 Å². The number of para-hydroxylation sites is 1. The van der Waals surface area contributed by atoms with Gasteiger partial charge in [0.2, 0.25) is 0 Å². The third kappa shape index (κ3) is 4.05. The second-order valence-corrected chi connectivity index (χ2v) is 9.39. The van der Waals surface area contributed by atoms with Crippen LogP contribution in [0.2, 0.25) is 0 Å². The van der Waals surface area contributed by atoms with Gasteiger partial charge in [0.25, 0.3) is 0 Å². The lowest BCUT2D eigenvalue weighted by molar-refractivity contribution is 0.0600. The molecule has 1 fully saturated rings. The molecule has 1 N–H and O–H groups in total. The Bertz CT molecular complexity index is 1430. The van der Waals surface area contributed by atoms with E-state index in [1.165, 1.54) is 12.7 Å². The highest BCUT2D eigenvalue weighted by atomic mass is 32.1. The van der Waals surface area contributed by atoms with Gasteiger partial charge in [0.05, 0.1) is 36.1 Å². The number of carbonyl (C=O) groups is 1. The van der Waals surface area contributed by atoms with Crippen LogP contribution in [0.25, 0.3) is 5.69 Å². The van der Waals surface area contributed by atoms with Crippen molar-refractivity contribution >= 4 is 29.0 Å². The number of ether oxygens (including phenoxy) is 1. The largest absolute Gasteiger partial charge is 0.465 e. The predicted molar refractivity (Wildman–Crippen MR) is 146 cm³/mol. The van der Waals surface area contributed by atoms with Gasteiger partial charge in [-0.1, -0.05) is 35.9 Å². The second-order valence-electron chi connectivity index (χ2n) is 9.00. The van der Waals surface area contributed by atoms with Crippen molar-refractivity contribution < 1.29 is 9.53 Å². The number of pyridine rings is 1. The minimum atomic E-state index is -0.365. The number of rotatable bonds is 5. The van der Waals surface area contributed by atoms with Gasteiger partial charge in [-0.15, -0.1) is 0 Å². The smallest absolute Gasteiger partial charge is 0.339 e. The lowest BCUT2D eigenvalue weighted by atomic mass is 9.96. The van der Waals surface area contributed by atoms with E-state index >= 15 is 0 Å². The normalized spacial score (nSPS) is 17.2. The molecule has 0 saturated carbocycles. The number of hydrogen-bond donors (Lipinski definition) is 1. The van der Waals surface area contributed by atoms with Crippen molar-refractivity contribution in [3.05, 3.63) is 113 Å². The van der Waals surface area contributed by atoms with Crippen molar-refractivity contribution in [1.82, 2.24) is 14.9 Å². The molecule has 0 unspecified atom stereocenters. The molecule has 7 heteroatoms. The summed E-state index contributed by atoms with van der Waals surface area (Å²) >= 11 is 5.88. The number of benzene rings is 2. The first-order valence-electron chi connectivity index (χ1n) is 11.8. The van der Waals surface area contributed by atoms with Crippen molar-refractivity contribution in [3.8, 4) is 5.69 Å². The van der Waals surface area contributed by atoms with E-state index < -0.39 is 0 Å². The number of aromatic nitrogens is 2. The van der Waals surface area contributed by atoms with E-state index in [9.17, 15) is 4.79 Å². The molecule has 0 spiro atoms. The Labute approximate surface area is 216 Å². The van der Waals surface area contributed by atoms with Gasteiger partial charge in [-0.25, -0.2) is 4.79 Å². The lowest BCUT2D eigenvalue weighted by Gasteiger charge is -2.28. The molecule has 0 aliphatic carbocycles. The zero-order valence-corrected chi connectivity index (χ0v) is 21.5. The van der Waals surface area contributed by atoms with Crippen LogP contribution in [0.15, 0.2) is 79.0 Å². The summed E-state index contributed by atoms with van der Waals surface area (Å²) < 4.78 is 7.18. The fourth-order valence-corrected chi connectivity index (χ4v) is 5.41. The molecule has 1 aliphatic rings. The van der Waals surface area contributed by atoms with Gasteiger partial charge in [0.1, 0.15) is 0 Å². The Morgan fingerprint density at radius 2 is 1.72 bits per heavy atom. The van der Waals surface area contributed by atoms with Crippen LogP contribution in [0.1, 0.15) is 50.7 Å². The van der Waals surface area contributed by atoms with Crippen LogP contribution in [-0.4, -0.2) is 27.7 Å². The van der Waals surface area contributed by atoms with Crippen molar-refractivity contribution in [2.24, 2.45) is 0 Å². The highest BCUT2D eigenvalue weighted by Gasteiger charge is 2.42. The first kappa shape index (κ1) is 23.8. The maximum atomic E-state index is 12.6. The Kier molecular flexibility index (Phi) is 6.33. The SMILES string of the molecule is COC(=O)c1ccccc1-n1c(C)cc([C@H]2[C@H](c3ccccn3)NC(=S)N2c2ccc(C)cc2)c1C. The van der Waals surface area contributed by atoms with E-state index in [4.69, 9.17) is 17.0 Å². The third-order valence-corrected chi connectivity index (χ3v) is 7.06. The number of carbonyl (C=O) groups excluding carboxylic acids is 1. The zero-order chi connectivity index (χ0) is 25.4. The highest BCUT2D eigenvalue weighted by molar-refractivity contribution is 7.80. The van der Waals surface area contributed by atoms with Crippen LogP contribution in [-0.2, 0) is 4.74 Å². The van der Waals surface area contributed by atoms with E-state index in [-0.39, 0.29) is 18.1 Å². The number of nitrogens with one attached hydrogen (secondary N) is 1. The van der Waals surface area contributed by atoms with Gasteiger partial charge in [0, 0.05) is 23.3 Å². The molecule has 2 atom stereocenters. The summed E-state index contributed by atoms with van der Waals surface area (Å²) in [7, 11) is 1.40. The average molecular weight is 497 g/mol. The molecule has 1 saturated heterocycles. The molecule has 1 aliphatic heterocycles. The minimum absolute atomic E-state index is 0.139. The quantitative estimate of drug-likeness (QED) is 0.280. The number of thiocarbonyl (C=S) groups is 1. The molecule has 2 aromatic heterocycles. The number of hydrogen-bond acceptors (Lipinski definition) is 4. The fraction of sp³-hybridized carbons (Fsp3) is 0.207. The number of nitrogens with zero attached hydrogens (tertiary/aromatic N) is 3. The van der Waals surface area contributed by atoms with Gasteiger partial charge < -0.3 is 19.5 Å². The van der Waals surface area contributed by atoms with Crippen LogP contribution in [0.3, 0.4) is 0 Å². The number of methoxy groups -OCH3 is 1. The van der Waals surface area contributed by atoms with Crippen LogP contribution in [0.5, 0.6) is 0 Å². The molecule has 0 bridgehead atoms. The summed E-state index contributed by atoms with van der Waals surface area (Å²) in [6.07, 6.45) is 1.81. The Hall–Kier alpha value is -3.97. The molecular weight excluding hydrogens is 468 g/mol. The molecule has 182 valence electrons. The Morgan fingerprint density at radius 1 is 1.00 bits per heavy atom. The second kappa shape index (κ2) is 9.59. The standard InChI is InChI=1S/C29H28N4O2S/c1-18-12-14-21(15-13-18)33-27(26(31-29(33)36)24-10-7-8-16-30-24)23-17-19(2)32(20(23)3)25-11-6-5-9-22(25)28(34)35-4/h5-17,26-27H,1-4H3,(H,31,36)/t26-,27-/m0/s1. The summed E-state index contributed by atoms with van der Waals surface area (Å²) in [5, 5.41) is 4.18. The van der Waals surface area contributed by atoms with E-state index in [1.807, 2.05) is 42.6 Å². The van der Waals surface area contributed by atoms with Crippen molar-refractivity contribution in [1.29, 1.82) is 0 Å². The van der Waals surface area contributed by atoms with E-state index in [2.05, 4.69) is 70.9 Å². The van der Waals surface area contributed by atoms with Gasteiger partial charge in [-0.2, -0.15) is 0 Å². The van der Waals surface area contributed by atoms with Gasteiger partial charge in [0.15, 0.2) is 5.11 Å². The Balaban J connectivity index is 1.69. The fourth-order valence-electron chi connectivity index (χ4n) is 5.06. The van der Waals surface area contributed by atoms with Crippen molar-refractivity contribution in [3.63, 3.8) is 0 Å². The van der Waals surface area contributed by atoms with Crippen LogP contribution in [0, 0.1) is 20.8 Å². The molecule has 0 radical (unpaired) electrons. The lowest BCUT2D eigenvalue weighted by Crippen LogP contribution is -2.29. The molecule has 5 rings (SSSR count). The highest BCUT2D eigenvalue weighted by Crippen LogP contribution is 2.43. The maximum absolute atomic E-state index is 12.6. The monoisotopic (exact) mass is 496 g/mol. The maximum Gasteiger partial charge on any atom is 0.339 e. The number of anilines is 1. The van der Waals surface area contributed by atoms with Crippen LogP contribution >= 0.6 is 12.2 Å². The van der Waals surface area contributed by atoms with Gasteiger partial charge >= 0.3 is 5.97 Å². The van der Waals surface area contributed by atoms with Crippen LogP contribution in [0.4, 0.5) is 5.69 Å². The first-order chi connectivity index (χ1) is 17.4. The third-order valence-electron chi connectivity index (χ3n) is 6.75. The van der Waals surface area contributed by atoms with E-state index in [0.29, 0.717) is 10.7 Å². The molecule has 3 heterocycles. The topological polar surface area (TPSA) is 59.4 Å². The summed E-state index contributed by atoms with van der Waals surface area (Å²) in [6, 6.07) is 23.7. The van der Waals surface area contributed by atoms with Crippen LogP contribution < -0.4 is 10.2 Å². The molecule has 4 aromatic rings. The van der Waals surface area contributed by atoms with Gasteiger partial charge in [-0.05, 0) is 81.0 Å². The molecule has 6 nitrogen and oxygen atoms in total. The average Bonchev–Trinajstić information content (AvgIpc) is 3.39. The number of esters is 1. The molecule has 36 heavy (non-hydrogen) atoms. The molecular formula is C29H28N4O2S. The summed E-state index contributed by atoms with van der Waals surface area (Å²) in [6.45, 7) is 6.21. The summed E-state index contributed by atoms with van der Waals surface area (Å²) in [5.74, 6) is -0.365. The minimum Gasteiger partial charge on any atom is -0.465 e. The summed E-state index contributed by atoms with van der Waals surface area (Å²) in [5.41, 5.74) is 7.57. The first-order valence-corrected chi connectivity index (χ1v) is 12.3. The predicted octanol–water partition coefficient (Wildman–Crippen LogP) is 5.76. The summed E-state index contributed by atoms with van der Waals surface area (Å²) in [4.78, 5) is 19.4. The molecule has 0 amide bonds. The Morgan fingerprint density at radius 3 is 2.42 bits per heavy atom.